The van der Waals surface area contributed by atoms with Crippen LogP contribution >= 0.6 is 0 Å². The van der Waals surface area contributed by atoms with E-state index in [1.807, 2.05) is 6.92 Å². The molecule has 1 aliphatic carbocycles. The van der Waals surface area contributed by atoms with Crippen LogP contribution in [-0.2, 0) is 14.9 Å². The molecule has 3 N–H and O–H groups in total. The number of nitrogens with one attached hydrogen (secondary N) is 1. The van der Waals surface area contributed by atoms with Crippen LogP contribution in [0.2, 0.25) is 0 Å². The molecular formula is C15H21NO5S. The summed E-state index contributed by atoms with van der Waals surface area (Å²) in [6, 6.07) is 6.24. The Labute approximate surface area is 130 Å². The first kappa shape index (κ1) is 16.9. The van der Waals surface area contributed by atoms with Gasteiger partial charge in [-0.3, -0.25) is 9.35 Å². The van der Waals surface area contributed by atoms with Crippen LogP contribution in [0.3, 0.4) is 0 Å². The van der Waals surface area contributed by atoms with Gasteiger partial charge in [-0.25, -0.2) is 0 Å². The number of carbonyl (C=O) groups is 1. The second-order valence-corrected chi connectivity index (χ2v) is 7.30. The fraction of sp³-hybridized carbons (Fsp3) is 0.533. The Balaban J connectivity index is 0.000000160. The Morgan fingerprint density at radius 2 is 1.86 bits per heavy atom. The second kappa shape index (κ2) is 6.76. The largest absolute Gasteiger partial charge is 0.480 e. The summed E-state index contributed by atoms with van der Waals surface area (Å²) in [7, 11) is -4.02. The van der Waals surface area contributed by atoms with Crippen molar-refractivity contribution >= 4 is 16.1 Å². The van der Waals surface area contributed by atoms with Crippen molar-refractivity contribution in [2.75, 3.05) is 0 Å². The first-order chi connectivity index (χ1) is 10.3. The molecule has 1 aromatic carbocycles. The van der Waals surface area contributed by atoms with Gasteiger partial charge in [0.15, 0.2) is 0 Å². The predicted octanol–water partition coefficient (Wildman–Crippen LogP) is 1.84. The smallest absolute Gasteiger partial charge is 0.320 e. The minimum Gasteiger partial charge on any atom is -0.480 e. The average molecular weight is 327 g/mol. The van der Waals surface area contributed by atoms with Gasteiger partial charge in [-0.1, -0.05) is 24.1 Å². The third kappa shape index (κ3) is 4.28. The first-order valence-corrected chi connectivity index (χ1v) is 8.74. The molecule has 3 unspecified atom stereocenters. The maximum atomic E-state index is 10.6. The van der Waals surface area contributed by atoms with Gasteiger partial charge in [-0.15, -0.1) is 0 Å². The standard InChI is InChI=1S/C8H13NO2.C7H8O3S/c10-8(11)7-4-5-2-1-3-6(5)9-7;1-6-2-4-7(5-3-6)11(8,9)10/h5-7,9H,1-4H2,(H,10,11);2-5H,1H3,(H,8,9,10). The van der Waals surface area contributed by atoms with E-state index in [0.717, 1.165) is 12.0 Å². The van der Waals surface area contributed by atoms with Crippen LogP contribution in [0.25, 0.3) is 0 Å². The summed E-state index contributed by atoms with van der Waals surface area (Å²) in [5.74, 6) is -0.0319. The zero-order chi connectivity index (χ0) is 16.3. The van der Waals surface area contributed by atoms with Crippen LogP contribution < -0.4 is 5.32 Å². The highest BCUT2D eigenvalue weighted by Crippen LogP contribution is 2.34. The van der Waals surface area contributed by atoms with E-state index in [4.69, 9.17) is 9.66 Å². The molecule has 1 saturated heterocycles. The molecule has 0 amide bonds. The average Bonchev–Trinajstić information content (AvgIpc) is 2.99. The summed E-state index contributed by atoms with van der Waals surface area (Å²) < 4.78 is 29.6. The van der Waals surface area contributed by atoms with E-state index in [9.17, 15) is 13.2 Å². The second-order valence-electron chi connectivity index (χ2n) is 5.88. The first-order valence-electron chi connectivity index (χ1n) is 7.30. The van der Waals surface area contributed by atoms with Crippen molar-refractivity contribution in [2.24, 2.45) is 5.92 Å². The van der Waals surface area contributed by atoms with Gasteiger partial charge in [0.05, 0.1) is 4.90 Å². The van der Waals surface area contributed by atoms with Crippen LogP contribution in [0.1, 0.15) is 31.2 Å². The van der Waals surface area contributed by atoms with Gasteiger partial charge in [-0.2, -0.15) is 8.42 Å². The van der Waals surface area contributed by atoms with Gasteiger partial charge < -0.3 is 10.4 Å². The molecule has 7 heteroatoms. The van der Waals surface area contributed by atoms with Gasteiger partial charge >= 0.3 is 5.97 Å². The van der Waals surface area contributed by atoms with E-state index in [1.165, 1.54) is 31.4 Å². The van der Waals surface area contributed by atoms with Gasteiger partial charge in [0.25, 0.3) is 10.1 Å². The topological polar surface area (TPSA) is 104 Å². The summed E-state index contributed by atoms with van der Waals surface area (Å²) >= 11 is 0. The van der Waals surface area contributed by atoms with Crippen LogP contribution in [0.4, 0.5) is 0 Å². The quantitative estimate of drug-likeness (QED) is 0.716. The molecule has 2 fully saturated rings. The minimum absolute atomic E-state index is 0.0666. The molecule has 3 atom stereocenters. The van der Waals surface area contributed by atoms with Gasteiger partial charge in [-0.05, 0) is 44.2 Å². The molecule has 0 aromatic heterocycles. The number of carboxylic acids is 1. The Morgan fingerprint density at radius 1 is 1.23 bits per heavy atom. The highest BCUT2D eigenvalue weighted by atomic mass is 32.2. The zero-order valence-electron chi connectivity index (χ0n) is 12.4. The van der Waals surface area contributed by atoms with E-state index >= 15 is 0 Å². The van der Waals surface area contributed by atoms with Crippen molar-refractivity contribution in [2.45, 2.75) is 49.6 Å². The van der Waals surface area contributed by atoms with Crippen LogP contribution in [0.15, 0.2) is 29.2 Å². The lowest BCUT2D eigenvalue weighted by Gasteiger charge is -2.07. The third-order valence-electron chi connectivity index (χ3n) is 4.23. The minimum atomic E-state index is -4.02. The summed E-state index contributed by atoms with van der Waals surface area (Å²) in [5, 5.41) is 11.9. The van der Waals surface area contributed by atoms with E-state index in [-0.39, 0.29) is 10.9 Å². The third-order valence-corrected chi connectivity index (χ3v) is 5.10. The predicted molar refractivity (Wildman–Crippen MR) is 81.3 cm³/mol. The Hall–Kier alpha value is -1.44. The molecule has 1 saturated carbocycles. The molecular weight excluding hydrogens is 306 g/mol. The molecule has 1 heterocycles. The summed E-state index contributed by atoms with van der Waals surface area (Å²) in [6.45, 7) is 1.84. The molecule has 22 heavy (non-hydrogen) atoms. The molecule has 1 aliphatic heterocycles. The van der Waals surface area contributed by atoms with Crippen LogP contribution in [-0.4, -0.2) is 36.1 Å². The lowest BCUT2D eigenvalue weighted by Crippen LogP contribution is -2.34. The summed E-state index contributed by atoms with van der Waals surface area (Å²) in [5.41, 5.74) is 0.956. The molecule has 0 spiro atoms. The molecule has 1 aromatic rings. The number of hydrogen-bond acceptors (Lipinski definition) is 4. The number of hydrogen-bond donors (Lipinski definition) is 3. The SMILES string of the molecule is Cc1ccc(S(=O)(=O)O)cc1.O=C(O)C1CC2CCCC2N1. The Kier molecular flexibility index (Phi) is 5.20. The molecule has 0 radical (unpaired) electrons. The number of fused-ring (bicyclic) bond motifs is 1. The normalized spacial score (nSPS) is 26.9. The molecule has 0 bridgehead atoms. The van der Waals surface area contributed by atoms with E-state index in [2.05, 4.69) is 5.32 Å². The van der Waals surface area contributed by atoms with Gasteiger partial charge in [0, 0.05) is 6.04 Å². The highest BCUT2D eigenvalue weighted by Gasteiger charge is 2.39. The fourth-order valence-corrected chi connectivity index (χ4v) is 3.53. The highest BCUT2D eigenvalue weighted by molar-refractivity contribution is 7.85. The summed E-state index contributed by atoms with van der Waals surface area (Å²) in [4.78, 5) is 10.5. The molecule has 6 nitrogen and oxygen atoms in total. The van der Waals surface area contributed by atoms with Crippen molar-refractivity contribution in [3.63, 3.8) is 0 Å². The number of carboxylic acid groups (broad SMARTS) is 1. The Bertz CT molecular complexity index is 614. The van der Waals surface area contributed by atoms with Crippen molar-refractivity contribution in [3.8, 4) is 0 Å². The monoisotopic (exact) mass is 327 g/mol. The lowest BCUT2D eigenvalue weighted by atomic mass is 10.0. The van der Waals surface area contributed by atoms with Gasteiger partial charge in [0.1, 0.15) is 6.04 Å². The van der Waals surface area contributed by atoms with Crippen LogP contribution in [0, 0.1) is 12.8 Å². The zero-order valence-corrected chi connectivity index (χ0v) is 13.2. The maximum absolute atomic E-state index is 10.6. The number of rotatable bonds is 2. The number of aryl methyl sites for hydroxylation is 1. The van der Waals surface area contributed by atoms with Crippen molar-refractivity contribution in [1.82, 2.24) is 5.32 Å². The lowest BCUT2D eigenvalue weighted by molar-refractivity contribution is -0.139. The molecule has 122 valence electrons. The number of aliphatic carboxylic acids is 1. The number of benzene rings is 1. The van der Waals surface area contributed by atoms with Crippen molar-refractivity contribution in [1.29, 1.82) is 0 Å². The Morgan fingerprint density at radius 3 is 2.36 bits per heavy atom. The van der Waals surface area contributed by atoms with E-state index in [0.29, 0.717) is 12.0 Å². The summed E-state index contributed by atoms with van der Waals surface area (Å²) in [6.07, 6.45) is 4.52. The van der Waals surface area contributed by atoms with Gasteiger partial charge in [0.2, 0.25) is 0 Å². The molecule has 3 rings (SSSR count). The van der Waals surface area contributed by atoms with E-state index < -0.39 is 16.1 Å². The van der Waals surface area contributed by atoms with Crippen LogP contribution in [0.5, 0.6) is 0 Å². The van der Waals surface area contributed by atoms with E-state index in [1.54, 1.807) is 12.1 Å². The maximum Gasteiger partial charge on any atom is 0.320 e. The fourth-order valence-electron chi connectivity index (χ4n) is 3.05. The van der Waals surface area contributed by atoms with Crippen molar-refractivity contribution in [3.05, 3.63) is 29.8 Å². The van der Waals surface area contributed by atoms with Crippen molar-refractivity contribution < 1.29 is 22.9 Å². The molecule has 2 aliphatic rings.